The third kappa shape index (κ3) is 4.99. The Morgan fingerprint density at radius 2 is 2.23 bits per heavy atom. The number of hydrogen-bond donors (Lipinski definition) is 2. The van der Waals surface area contributed by atoms with E-state index >= 15 is 0 Å². The van der Waals surface area contributed by atoms with E-state index in [0.717, 1.165) is 30.8 Å². The summed E-state index contributed by atoms with van der Waals surface area (Å²) in [7, 11) is 0. The van der Waals surface area contributed by atoms with Crippen LogP contribution in [0.5, 0.6) is 0 Å². The Labute approximate surface area is 134 Å². The third-order valence-electron chi connectivity index (χ3n) is 3.69. The fourth-order valence-electron chi connectivity index (χ4n) is 2.39. The van der Waals surface area contributed by atoms with Crippen molar-refractivity contribution in [1.29, 1.82) is 0 Å². The fraction of sp³-hybridized carbons (Fsp3) is 0.533. The Kier molecular flexibility index (Phi) is 6.21. The van der Waals surface area contributed by atoms with E-state index in [1.807, 2.05) is 6.92 Å². The molecule has 0 saturated carbocycles. The van der Waals surface area contributed by atoms with Gasteiger partial charge >= 0.3 is 0 Å². The van der Waals surface area contributed by atoms with E-state index < -0.39 is 4.92 Å². The summed E-state index contributed by atoms with van der Waals surface area (Å²) >= 11 is 1.41. The molecule has 1 aromatic carbocycles. The van der Waals surface area contributed by atoms with Gasteiger partial charge in [0.25, 0.3) is 5.69 Å². The molecule has 1 amide bonds. The lowest BCUT2D eigenvalue weighted by atomic mass is 10.00. The van der Waals surface area contributed by atoms with Crippen molar-refractivity contribution in [3.05, 3.63) is 34.4 Å². The van der Waals surface area contributed by atoms with E-state index in [-0.39, 0.29) is 16.8 Å². The monoisotopic (exact) mass is 323 g/mol. The van der Waals surface area contributed by atoms with E-state index in [4.69, 9.17) is 0 Å². The Morgan fingerprint density at radius 3 is 2.82 bits per heavy atom. The number of amides is 1. The number of rotatable bonds is 6. The van der Waals surface area contributed by atoms with Crippen LogP contribution in [0.1, 0.15) is 19.8 Å². The number of nitrogens with zero attached hydrogens (tertiary/aromatic N) is 1. The molecule has 7 heteroatoms. The Bertz CT molecular complexity index is 515. The molecule has 1 heterocycles. The van der Waals surface area contributed by atoms with E-state index in [0.29, 0.717) is 12.5 Å². The van der Waals surface area contributed by atoms with Gasteiger partial charge in [-0.15, -0.1) is 11.8 Å². The summed E-state index contributed by atoms with van der Waals surface area (Å²) in [6, 6.07) is 6.27. The number of benzene rings is 1. The minimum absolute atomic E-state index is 0.00827. The molecule has 2 N–H and O–H groups in total. The number of nitrogens with one attached hydrogen (secondary N) is 2. The minimum Gasteiger partial charge on any atom is -0.355 e. The first-order valence-corrected chi connectivity index (χ1v) is 8.34. The van der Waals surface area contributed by atoms with Crippen LogP contribution >= 0.6 is 11.8 Å². The lowest BCUT2D eigenvalue weighted by molar-refractivity contribution is -0.384. The van der Waals surface area contributed by atoms with Crippen LogP contribution in [-0.2, 0) is 4.79 Å². The zero-order chi connectivity index (χ0) is 15.9. The number of piperidine rings is 1. The third-order valence-corrected chi connectivity index (χ3v) is 4.81. The average Bonchev–Trinajstić information content (AvgIpc) is 2.54. The molecule has 6 nitrogen and oxygen atoms in total. The highest BCUT2D eigenvalue weighted by Gasteiger charge is 2.18. The molecule has 2 atom stereocenters. The van der Waals surface area contributed by atoms with Crippen LogP contribution in [0.4, 0.5) is 5.69 Å². The molecule has 0 aliphatic carbocycles. The van der Waals surface area contributed by atoms with Crippen molar-refractivity contribution in [2.45, 2.75) is 29.9 Å². The molecule has 120 valence electrons. The van der Waals surface area contributed by atoms with Gasteiger partial charge < -0.3 is 10.6 Å². The molecule has 1 fully saturated rings. The number of hydrogen-bond acceptors (Lipinski definition) is 5. The number of carbonyl (C=O) groups is 1. The molecule has 1 aliphatic rings. The zero-order valence-corrected chi connectivity index (χ0v) is 13.4. The van der Waals surface area contributed by atoms with Gasteiger partial charge in [0.1, 0.15) is 0 Å². The van der Waals surface area contributed by atoms with E-state index in [2.05, 4.69) is 10.6 Å². The minimum atomic E-state index is -0.428. The largest absolute Gasteiger partial charge is 0.355 e. The Morgan fingerprint density at radius 1 is 1.50 bits per heavy atom. The number of non-ortho nitro benzene ring substituents is 1. The lowest BCUT2D eigenvalue weighted by Crippen LogP contribution is -2.40. The van der Waals surface area contributed by atoms with E-state index in [1.165, 1.54) is 23.9 Å². The second kappa shape index (κ2) is 8.14. The summed E-state index contributed by atoms with van der Waals surface area (Å²) in [4.78, 5) is 23.1. The molecular formula is C15H21N3O3S. The van der Waals surface area contributed by atoms with Gasteiger partial charge in [0.05, 0.1) is 10.2 Å². The van der Waals surface area contributed by atoms with Gasteiger partial charge in [-0.3, -0.25) is 14.9 Å². The first-order chi connectivity index (χ1) is 10.6. The summed E-state index contributed by atoms with van der Waals surface area (Å²) in [6.07, 6.45) is 2.31. The molecule has 0 aromatic heterocycles. The van der Waals surface area contributed by atoms with Crippen LogP contribution in [0.25, 0.3) is 0 Å². The quantitative estimate of drug-likeness (QED) is 0.476. The molecule has 0 spiro atoms. The van der Waals surface area contributed by atoms with Crippen LogP contribution in [-0.4, -0.2) is 35.7 Å². The number of carbonyl (C=O) groups excluding carboxylic acids is 1. The Balaban J connectivity index is 1.78. The molecule has 0 radical (unpaired) electrons. The van der Waals surface area contributed by atoms with Crippen LogP contribution in [0, 0.1) is 16.0 Å². The molecule has 0 bridgehead atoms. The van der Waals surface area contributed by atoms with Crippen molar-refractivity contribution in [1.82, 2.24) is 10.6 Å². The van der Waals surface area contributed by atoms with Crippen LogP contribution in [0.3, 0.4) is 0 Å². The summed E-state index contributed by atoms with van der Waals surface area (Å²) in [5.74, 6) is 0.517. The average molecular weight is 323 g/mol. The molecule has 2 unspecified atom stereocenters. The second-order valence-corrected chi connectivity index (χ2v) is 6.88. The van der Waals surface area contributed by atoms with Crippen LogP contribution < -0.4 is 10.6 Å². The van der Waals surface area contributed by atoms with Crippen molar-refractivity contribution in [3.8, 4) is 0 Å². The maximum Gasteiger partial charge on any atom is 0.269 e. The second-order valence-electron chi connectivity index (χ2n) is 5.47. The van der Waals surface area contributed by atoms with Gasteiger partial charge in [-0.05, 0) is 50.9 Å². The van der Waals surface area contributed by atoms with Gasteiger partial charge in [-0.25, -0.2) is 0 Å². The molecule has 1 aliphatic heterocycles. The summed E-state index contributed by atoms with van der Waals surface area (Å²) in [5.41, 5.74) is 0.0613. The van der Waals surface area contributed by atoms with E-state index in [9.17, 15) is 14.9 Å². The van der Waals surface area contributed by atoms with Crippen molar-refractivity contribution in [3.63, 3.8) is 0 Å². The van der Waals surface area contributed by atoms with Gasteiger partial charge in [-0.1, -0.05) is 0 Å². The normalized spacial score (nSPS) is 19.4. The first kappa shape index (κ1) is 16.8. The molecule has 22 heavy (non-hydrogen) atoms. The highest BCUT2D eigenvalue weighted by Crippen LogP contribution is 2.25. The fourth-order valence-corrected chi connectivity index (χ4v) is 3.28. The Hall–Kier alpha value is -1.60. The summed E-state index contributed by atoms with van der Waals surface area (Å²) < 4.78 is 0. The SMILES string of the molecule is CC(Sc1ccc([N+](=O)[O-])cc1)C(=O)NCC1CCCNC1. The van der Waals surface area contributed by atoms with Crippen LogP contribution in [0.15, 0.2) is 29.2 Å². The highest BCUT2D eigenvalue weighted by atomic mass is 32.2. The van der Waals surface area contributed by atoms with Crippen molar-refractivity contribution in [2.24, 2.45) is 5.92 Å². The predicted octanol–water partition coefficient (Wildman–Crippen LogP) is 2.19. The van der Waals surface area contributed by atoms with Gasteiger partial charge in [0, 0.05) is 23.6 Å². The van der Waals surface area contributed by atoms with Gasteiger partial charge in [-0.2, -0.15) is 0 Å². The molecule has 1 aromatic rings. The number of thioether (sulfide) groups is 1. The lowest BCUT2D eigenvalue weighted by Gasteiger charge is -2.23. The smallest absolute Gasteiger partial charge is 0.269 e. The maximum absolute atomic E-state index is 12.1. The summed E-state index contributed by atoms with van der Waals surface area (Å²) in [6.45, 7) is 4.58. The topological polar surface area (TPSA) is 84.3 Å². The predicted molar refractivity (Wildman–Crippen MR) is 87.0 cm³/mol. The molecule has 1 saturated heterocycles. The standard InChI is InChI=1S/C15H21N3O3S/c1-11(15(19)17-10-12-3-2-8-16-9-12)22-14-6-4-13(5-7-14)18(20)21/h4-7,11-12,16H,2-3,8-10H2,1H3,(H,17,19). The first-order valence-electron chi connectivity index (χ1n) is 7.46. The molecule has 2 rings (SSSR count). The van der Waals surface area contributed by atoms with Crippen molar-refractivity contribution >= 4 is 23.4 Å². The van der Waals surface area contributed by atoms with Gasteiger partial charge in [0.2, 0.25) is 5.91 Å². The van der Waals surface area contributed by atoms with Crippen LogP contribution in [0.2, 0.25) is 0 Å². The number of nitro benzene ring substituents is 1. The maximum atomic E-state index is 12.1. The summed E-state index contributed by atoms with van der Waals surface area (Å²) in [5, 5.41) is 16.7. The zero-order valence-electron chi connectivity index (χ0n) is 12.6. The highest BCUT2D eigenvalue weighted by molar-refractivity contribution is 8.00. The number of nitro groups is 1. The molecular weight excluding hydrogens is 302 g/mol. The van der Waals surface area contributed by atoms with E-state index in [1.54, 1.807) is 12.1 Å². The van der Waals surface area contributed by atoms with Crippen molar-refractivity contribution < 1.29 is 9.72 Å². The van der Waals surface area contributed by atoms with Crippen molar-refractivity contribution in [2.75, 3.05) is 19.6 Å². The van der Waals surface area contributed by atoms with Gasteiger partial charge in [0.15, 0.2) is 0 Å².